The van der Waals surface area contributed by atoms with Crippen molar-refractivity contribution in [2.75, 3.05) is 5.73 Å². The Morgan fingerprint density at radius 1 is 1.04 bits per heavy atom. The molecular weight excluding hydrogens is 302 g/mol. The summed E-state index contributed by atoms with van der Waals surface area (Å²) >= 11 is 0. The van der Waals surface area contributed by atoms with E-state index in [9.17, 15) is 8.78 Å². The second-order valence-electron chi connectivity index (χ2n) is 4.95. The van der Waals surface area contributed by atoms with Crippen molar-refractivity contribution in [1.82, 2.24) is 14.6 Å². The van der Waals surface area contributed by atoms with E-state index in [2.05, 4.69) is 10.1 Å². The lowest BCUT2D eigenvalue weighted by molar-refractivity contribution is 0.577. The largest absolute Gasteiger partial charge is 0.461 e. The predicted octanol–water partition coefficient (Wildman–Crippen LogP) is 3.52. The molecule has 4 aromatic rings. The van der Waals surface area contributed by atoms with Crippen LogP contribution in [0.2, 0.25) is 0 Å². The zero-order valence-electron chi connectivity index (χ0n) is 11.7. The number of hydrogen-bond acceptors (Lipinski definition) is 4. The van der Waals surface area contributed by atoms with Gasteiger partial charge in [0, 0.05) is 0 Å². The van der Waals surface area contributed by atoms with E-state index >= 15 is 0 Å². The molecular formula is C16H10F2N4O. The molecule has 0 atom stereocenters. The van der Waals surface area contributed by atoms with Crippen LogP contribution in [0.5, 0.6) is 0 Å². The molecule has 114 valence electrons. The van der Waals surface area contributed by atoms with Gasteiger partial charge < -0.3 is 10.2 Å². The summed E-state index contributed by atoms with van der Waals surface area (Å²) in [4.78, 5) is 4.29. The normalized spacial score (nSPS) is 11.2. The van der Waals surface area contributed by atoms with Crippen molar-refractivity contribution < 1.29 is 13.2 Å². The molecule has 4 rings (SSSR count). The molecule has 5 nitrogen and oxygen atoms in total. The number of hydrogen-bond donors (Lipinski definition) is 1. The molecule has 23 heavy (non-hydrogen) atoms. The minimum absolute atomic E-state index is 0.149. The monoisotopic (exact) mass is 312 g/mol. The zero-order chi connectivity index (χ0) is 16.0. The van der Waals surface area contributed by atoms with E-state index in [1.54, 1.807) is 12.1 Å². The van der Waals surface area contributed by atoms with Crippen LogP contribution in [0.15, 0.2) is 53.1 Å². The molecule has 3 aromatic heterocycles. The SMILES string of the molecule is Nc1cc(-c2c(F)cccc2F)cc2nc(-c3ccco3)nn12. The molecule has 3 heterocycles. The Labute approximate surface area is 129 Å². The van der Waals surface area contributed by atoms with Crippen LogP contribution in [0.1, 0.15) is 0 Å². The van der Waals surface area contributed by atoms with E-state index in [-0.39, 0.29) is 11.4 Å². The van der Waals surface area contributed by atoms with Crippen molar-refractivity contribution in [3.63, 3.8) is 0 Å². The standard InChI is InChI=1S/C16H10F2N4O/c17-10-3-1-4-11(18)15(10)9-7-13(19)22-14(8-9)20-16(21-22)12-5-2-6-23-12/h1-8H,19H2. The smallest absolute Gasteiger partial charge is 0.217 e. The van der Waals surface area contributed by atoms with Gasteiger partial charge in [-0.3, -0.25) is 0 Å². The highest BCUT2D eigenvalue weighted by Gasteiger charge is 2.16. The molecule has 0 spiro atoms. The first-order valence-corrected chi connectivity index (χ1v) is 6.78. The molecule has 0 aliphatic heterocycles. The molecule has 0 bridgehead atoms. The summed E-state index contributed by atoms with van der Waals surface area (Å²) < 4.78 is 34.5. The zero-order valence-corrected chi connectivity index (χ0v) is 11.7. The van der Waals surface area contributed by atoms with Crippen LogP contribution >= 0.6 is 0 Å². The Hall–Kier alpha value is -3.22. The number of benzene rings is 1. The van der Waals surface area contributed by atoms with Gasteiger partial charge in [0.1, 0.15) is 17.5 Å². The molecule has 0 fully saturated rings. The summed E-state index contributed by atoms with van der Waals surface area (Å²) in [5.74, 6) is -0.302. The maximum atomic E-state index is 14.0. The maximum absolute atomic E-state index is 14.0. The second-order valence-corrected chi connectivity index (χ2v) is 4.95. The number of nitrogens with zero attached hydrogens (tertiary/aromatic N) is 3. The van der Waals surface area contributed by atoms with Crippen molar-refractivity contribution in [3.8, 4) is 22.7 Å². The van der Waals surface area contributed by atoms with Crippen LogP contribution in [-0.2, 0) is 0 Å². The molecule has 0 radical (unpaired) electrons. The van der Waals surface area contributed by atoms with E-state index in [0.717, 1.165) is 0 Å². The van der Waals surface area contributed by atoms with Crippen LogP contribution in [0.3, 0.4) is 0 Å². The Kier molecular flexibility index (Phi) is 2.87. The summed E-state index contributed by atoms with van der Waals surface area (Å²) in [5.41, 5.74) is 6.46. The summed E-state index contributed by atoms with van der Waals surface area (Å²) in [6.07, 6.45) is 1.50. The summed E-state index contributed by atoms with van der Waals surface area (Å²) in [7, 11) is 0. The van der Waals surface area contributed by atoms with Crippen molar-refractivity contribution >= 4 is 11.5 Å². The lowest BCUT2D eigenvalue weighted by atomic mass is 10.1. The van der Waals surface area contributed by atoms with E-state index in [1.165, 1.54) is 41.1 Å². The van der Waals surface area contributed by atoms with Crippen LogP contribution in [0.25, 0.3) is 28.4 Å². The Morgan fingerprint density at radius 2 is 1.83 bits per heavy atom. The van der Waals surface area contributed by atoms with Gasteiger partial charge in [-0.25, -0.2) is 13.8 Å². The van der Waals surface area contributed by atoms with Gasteiger partial charge in [0.2, 0.25) is 5.82 Å². The first-order chi connectivity index (χ1) is 11.1. The molecule has 0 unspecified atom stereocenters. The first kappa shape index (κ1) is 13.4. The van der Waals surface area contributed by atoms with Gasteiger partial charge in [0.15, 0.2) is 11.4 Å². The minimum Gasteiger partial charge on any atom is -0.461 e. The highest BCUT2D eigenvalue weighted by Crippen LogP contribution is 2.29. The number of aromatic nitrogens is 3. The van der Waals surface area contributed by atoms with E-state index in [1.807, 2.05) is 0 Å². The molecule has 7 heteroatoms. The number of pyridine rings is 1. The number of halogens is 2. The van der Waals surface area contributed by atoms with Gasteiger partial charge >= 0.3 is 0 Å². The highest BCUT2D eigenvalue weighted by atomic mass is 19.1. The van der Waals surface area contributed by atoms with E-state index < -0.39 is 11.6 Å². The molecule has 2 N–H and O–H groups in total. The summed E-state index contributed by atoms with van der Waals surface area (Å²) in [6.45, 7) is 0. The molecule has 0 saturated heterocycles. The van der Waals surface area contributed by atoms with Gasteiger partial charge in [-0.05, 0) is 42.0 Å². The van der Waals surface area contributed by atoms with Gasteiger partial charge in [0.25, 0.3) is 0 Å². The van der Waals surface area contributed by atoms with Crippen molar-refractivity contribution in [1.29, 1.82) is 0 Å². The van der Waals surface area contributed by atoms with Crippen molar-refractivity contribution in [2.45, 2.75) is 0 Å². The number of rotatable bonds is 2. The number of furan rings is 1. The van der Waals surface area contributed by atoms with Crippen molar-refractivity contribution in [3.05, 3.63) is 60.4 Å². The van der Waals surface area contributed by atoms with Gasteiger partial charge in [-0.15, -0.1) is 5.10 Å². The minimum atomic E-state index is -0.667. The first-order valence-electron chi connectivity index (χ1n) is 6.78. The fourth-order valence-corrected chi connectivity index (χ4v) is 2.44. The van der Waals surface area contributed by atoms with Gasteiger partial charge in [-0.2, -0.15) is 4.52 Å². The lowest BCUT2D eigenvalue weighted by Gasteiger charge is -2.07. The molecule has 1 aromatic carbocycles. The topological polar surface area (TPSA) is 69.3 Å². The molecule has 0 saturated carbocycles. The quantitative estimate of drug-likeness (QED) is 0.615. The van der Waals surface area contributed by atoms with Gasteiger partial charge in [-0.1, -0.05) is 6.07 Å². The third-order valence-electron chi connectivity index (χ3n) is 3.46. The Bertz CT molecular complexity index is 988. The third-order valence-corrected chi connectivity index (χ3v) is 3.46. The van der Waals surface area contributed by atoms with E-state index in [4.69, 9.17) is 10.2 Å². The van der Waals surface area contributed by atoms with Crippen LogP contribution in [0, 0.1) is 11.6 Å². The van der Waals surface area contributed by atoms with Crippen molar-refractivity contribution in [2.24, 2.45) is 0 Å². The molecule has 0 amide bonds. The average molecular weight is 312 g/mol. The Morgan fingerprint density at radius 3 is 2.52 bits per heavy atom. The molecule has 0 aliphatic carbocycles. The third kappa shape index (κ3) is 2.13. The maximum Gasteiger partial charge on any atom is 0.217 e. The van der Waals surface area contributed by atoms with Crippen LogP contribution in [-0.4, -0.2) is 14.6 Å². The van der Waals surface area contributed by atoms with Crippen LogP contribution < -0.4 is 5.73 Å². The average Bonchev–Trinajstić information content (AvgIpc) is 3.16. The Balaban J connectivity index is 1.94. The lowest BCUT2D eigenvalue weighted by Crippen LogP contribution is -2.00. The predicted molar refractivity (Wildman–Crippen MR) is 80.5 cm³/mol. The summed E-state index contributed by atoms with van der Waals surface area (Å²) in [6, 6.07) is 10.1. The molecule has 0 aliphatic rings. The van der Waals surface area contributed by atoms with Gasteiger partial charge in [0.05, 0.1) is 11.8 Å². The number of fused-ring (bicyclic) bond motifs is 1. The summed E-state index contributed by atoms with van der Waals surface area (Å²) in [5, 5.41) is 4.23. The van der Waals surface area contributed by atoms with E-state index in [0.29, 0.717) is 22.8 Å². The fraction of sp³-hybridized carbons (Fsp3) is 0. The highest BCUT2D eigenvalue weighted by molar-refractivity contribution is 5.72. The van der Waals surface area contributed by atoms with Crippen LogP contribution in [0.4, 0.5) is 14.6 Å². The number of nitrogen functional groups attached to an aromatic ring is 1. The second kappa shape index (κ2) is 4.91. The number of anilines is 1. The fourth-order valence-electron chi connectivity index (χ4n) is 2.44. The number of nitrogens with two attached hydrogens (primary N) is 1.